The average Bonchev–Trinajstić information content (AvgIpc) is 3.65. The van der Waals surface area contributed by atoms with Crippen molar-refractivity contribution in [3.8, 4) is 23.3 Å². The van der Waals surface area contributed by atoms with Crippen LogP contribution in [0.1, 0.15) is 37.7 Å². The smallest absolute Gasteiger partial charge is 0.308 e. The number of aromatic hydroxyl groups is 2. The largest absolute Gasteiger partial charge is 0.494 e. The van der Waals surface area contributed by atoms with Gasteiger partial charge in [-0.15, -0.1) is 0 Å². The maximum atomic E-state index is 13.8. The number of benzene rings is 1. The number of hydrogen-bond donors (Lipinski definition) is 3. The van der Waals surface area contributed by atoms with E-state index < -0.39 is 23.8 Å². The molecule has 1 amide bonds. The summed E-state index contributed by atoms with van der Waals surface area (Å²) in [5.41, 5.74) is 1.49. The lowest BCUT2D eigenvalue weighted by Gasteiger charge is -2.30. The number of pyridine rings is 1. The monoisotopic (exact) mass is 550 g/mol. The van der Waals surface area contributed by atoms with Gasteiger partial charge in [-0.25, -0.2) is 0 Å². The van der Waals surface area contributed by atoms with E-state index in [4.69, 9.17) is 9.47 Å². The molecule has 11 heteroatoms. The molecule has 0 bridgehead atoms. The summed E-state index contributed by atoms with van der Waals surface area (Å²) in [5.74, 6) is -1.42. The first-order valence-electron chi connectivity index (χ1n) is 13.5. The molecule has 0 aliphatic carbocycles. The van der Waals surface area contributed by atoms with Crippen LogP contribution in [0.25, 0.3) is 0 Å². The van der Waals surface area contributed by atoms with Gasteiger partial charge >= 0.3 is 5.97 Å². The van der Waals surface area contributed by atoms with Crippen molar-refractivity contribution >= 4 is 17.6 Å². The topological polar surface area (TPSA) is 138 Å². The summed E-state index contributed by atoms with van der Waals surface area (Å²) < 4.78 is 12.3. The Balaban J connectivity index is 1.45. The van der Waals surface area contributed by atoms with Crippen LogP contribution >= 0.6 is 0 Å². The molecule has 11 nitrogen and oxygen atoms in total. The minimum absolute atomic E-state index is 0.0117. The van der Waals surface area contributed by atoms with Gasteiger partial charge in [0.05, 0.1) is 24.3 Å². The van der Waals surface area contributed by atoms with Crippen molar-refractivity contribution in [1.82, 2.24) is 14.5 Å². The summed E-state index contributed by atoms with van der Waals surface area (Å²) >= 11 is 0. The number of likely N-dealkylation sites (tertiary alicyclic amines) is 1. The number of carbonyl (C=O) groups is 2. The highest BCUT2D eigenvalue weighted by Crippen LogP contribution is 2.43. The van der Waals surface area contributed by atoms with Crippen LogP contribution in [0.4, 0.5) is 5.69 Å². The summed E-state index contributed by atoms with van der Waals surface area (Å²) in [5, 5.41) is 30.8. The summed E-state index contributed by atoms with van der Waals surface area (Å²) in [6, 6.07) is 11.3. The molecule has 4 heterocycles. The molecule has 0 radical (unpaired) electrons. The molecule has 0 unspecified atom stereocenters. The van der Waals surface area contributed by atoms with E-state index in [2.05, 4.69) is 11.9 Å². The Labute approximate surface area is 232 Å². The van der Waals surface area contributed by atoms with Gasteiger partial charge in [-0.05, 0) is 42.7 Å². The van der Waals surface area contributed by atoms with Crippen molar-refractivity contribution in [2.24, 2.45) is 5.92 Å². The predicted octanol–water partition coefficient (Wildman–Crippen LogP) is 3.42. The molecule has 2 aromatic heterocycles. The van der Waals surface area contributed by atoms with Crippen molar-refractivity contribution in [1.29, 1.82) is 0 Å². The molecule has 3 N–H and O–H groups in total. The van der Waals surface area contributed by atoms with Crippen LogP contribution in [0.2, 0.25) is 0 Å². The molecule has 212 valence electrons. The van der Waals surface area contributed by atoms with Gasteiger partial charge in [0.1, 0.15) is 0 Å². The molecule has 0 spiro atoms. The number of aromatic nitrogens is 2. The number of carbonyl (C=O) groups excluding carboxylic acids is 1. The minimum atomic E-state index is -0.973. The normalized spacial score (nSPS) is 20.1. The first-order valence-corrected chi connectivity index (χ1v) is 13.5. The third kappa shape index (κ3) is 5.55. The van der Waals surface area contributed by atoms with E-state index in [1.165, 1.54) is 16.7 Å². The Kier molecular flexibility index (Phi) is 8.11. The third-order valence-electron chi connectivity index (χ3n) is 7.77. The van der Waals surface area contributed by atoms with Crippen molar-refractivity contribution in [2.45, 2.75) is 44.7 Å². The van der Waals surface area contributed by atoms with Gasteiger partial charge in [-0.2, -0.15) is 0 Å². The van der Waals surface area contributed by atoms with Crippen molar-refractivity contribution in [2.75, 3.05) is 31.3 Å². The highest BCUT2D eigenvalue weighted by Gasteiger charge is 2.47. The zero-order valence-electron chi connectivity index (χ0n) is 22.3. The van der Waals surface area contributed by atoms with E-state index >= 15 is 0 Å². The minimum Gasteiger partial charge on any atom is -0.494 e. The number of unbranched alkanes of at least 4 members (excludes halogenated alkanes) is 1. The lowest BCUT2D eigenvalue weighted by molar-refractivity contribution is -0.143. The van der Waals surface area contributed by atoms with Crippen LogP contribution in [-0.2, 0) is 16.1 Å². The molecular weight excluding hydrogens is 516 g/mol. The first-order chi connectivity index (χ1) is 19.4. The van der Waals surface area contributed by atoms with Gasteiger partial charge in [0.2, 0.25) is 12.7 Å². The SMILES string of the molecule is CCCCN(C(=O)CN1C[C@H](c2ccc3c(c2)OCO3)[C@@H](C(=O)O)[C@@H]1CCn1c(O)ccc1O)c1cccnc1. The van der Waals surface area contributed by atoms with Crippen LogP contribution < -0.4 is 14.4 Å². The Morgan fingerprint density at radius 2 is 1.88 bits per heavy atom. The maximum absolute atomic E-state index is 13.8. The molecule has 3 aromatic rings. The third-order valence-corrected chi connectivity index (χ3v) is 7.77. The van der Waals surface area contributed by atoms with Gasteiger partial charge in [0, 0.05) is 49.9 Å². The molecule has 3 atom stereocenters. The zero-order valence-corrected chi connectivity index (χ0v) is 22.3. The van der Waals surface area contributed by atoms with E-state index in [1.54, 1.807) is 29.4 Å². The first kappa shape index (κ1) is 27.3. The molecule has 0 saturated carbocycles. The van der Waals surface area contributed by atoms with Crippen LogP contribution in [0.3, 0.4) is 0 Å². The number of aliphatic carboxylic acids is 1. The maximum Gasteiger partial charge on any atom is 0.308 e. The number of fused-ring (bicyclic) bond motifs is 1. The Morgan fingerprint density at radius 1 is 1.10 bits per heavy atom. The van der Waals surface area contributed by atoms with Gasteiger partial charge in [-0.3, -0.25) is 24.0 Å². The summed E-state index contributed by atoms with van der Waals surface area (Å²) in [6.07, 6.45) is 5.33. The molecule has 1 fully saturated rings. The molecular formula is C29H34N4O7. The van der Waals surface area contributed by atoms with E-state index in [0.29, 0.717) is 36.7 Å². The van der Waals surface area contributed by atoms with Gasteiger partial charge in [0.25, 0.3) is 0 Å². The Bertz CT molecular complexity index is 1330. The second kappa shape index (κ2) is 11.9. The number of ether oxygens (including phenoxy) is 2. The molecule has 40 heavy (non-hydrogen) atoms. The van der Waals surface area contributed by atoms with E-state index in [9.17, 15) is 24.9 Å². The molecule has 2 aliphatic heterocycles. The fourth-order valence-corrected chi connectivity index (χ4v) is 5.76. The number of nitrogens with zero attached hydrogens (tertiary/aromatic N) is 4. The Morgan fingerprint density at radius 3 is 2.58 bits per heavy atom. The molecule has 5 rings (SSSR count). The van der Waals surface area contributed by atoms with Crippen molar-refractivity contribution < 1.29 is 34.4 Å². The second-order valence-electron chi connectivity index (χ2n) is 10.2. The van der Waals surface area contributed by atoms with Crippen LogP contribution in [0.5, 0.6) is 23.3 Å². The fourth-order valence-electron chi connectivity index (χ4n) is 5.76. The quantitative estimate of drug-likeness (QED) is 0.328. The number of carboxylic acids is 1. The summed E-state index contributed by atoms with van der Waals surface area (Å²) in [6.45, 7) is 3.23. The van der Waals surface area contributed by atoms with E-state index in [0.717, 1.165) is 18.4 Å². The Hall–Kier alpha value is -4.25. The van der Waals surface area contributed by atoms with Crippen LogP contribution in [0, 0.1) is 5.92 Å². The summed E-state index contributed by atoms with van der Waals surface area (Å²) in [4.78, 5) is 34.3. The number of carboxylic acid groups (broad SMARTS) is 1. The van der Waals surface area contributed by atoms with Crippen molar-refractivity contribution in [3.05, 3.63) is 60.4 Å². The fraction of sp³-hybridized carbons (Fsp3) is 0.414. The van der Waals surface area contributed by atoms with E-state index in [-0.39, 0.29) is 37.5 Å². The lowest BCUT2D eigenvalue weighted by Crippen LogP contribution is -2.45. The molecule has 1 saturated heterocycles. The number of rotatable bonds is 11. The van der Waals surface area contributed by atoms with Crippen molar-refractivity contribution in [3.63, 3.8) is 0 Å². The van der Waals surface area contributed by atoms with E-state index in [1.807, 2.05) is 23.1 Å². The molecule has 2 aliphatic rings. The number of anilines is 1. The predicted molar refractivity (Wildman–Crippen MR) is 146 cm³/mol. The zero-order chi connectivity index (χ0) is 28.2. The highest BCUT2D eigenvalue weighted by molar-refractivity contribution is 5.94. The number of amides is 1. The van der Waals surface area contributed by atoms with Crippen LogP contribution in [0.15, 0.2) is 54.9 Å². The van der Waals surface area contributed by atoms with Gasteiger partial charge in [-0.1, -0.05) is 19.4 Å². The van der Waals surface area contributed by atoms with Crippen LogP contribution in [-0.4, -0.2) is 74.1 Å². The van der Waals surface area contributed by atoms with Gasteiger partial charge in [0.15, 0.2) is 23.3 Å². The summed E-state index contributed by atoms with van der Waals surface area (Å²) in [7, 11) is 0. The van der Waals surface area contributed by atoms with Gasteiger partial charge < -0.3 is 29.7 Å². The standard InChI is InChI=1S/C29H34N4O7/c1-2-3-12-32(20-5-4-11-30-15-20)27(36)17-31-16-21(19-6-7-23-24(14-19)40-18-39-23)28(29(37)38)22(31)10-13-33-25(34)8-9-26(33)35/h4-9,11,14-15,21-22,28,34-35H,2-3,10,12-13,16-18H2,1H3,(H,37,38)/t21-,22+,28-/m1/s1. The highest BCUT2D eigenvalue weighted by atomic mass is 16.7. The average molecular weight is 551 g/mol. The number of hydrogen-bond acceptors (Lipinski definition) is 8. The molecule has 1 aromatic carbocycles. The second-order valence-corrected chi connectivity index (χ2v) is 10.2. The lowest BCUT2D eigenvalue weighted by atomic mass is 9.84.